The van der Waals surface area contributed by atoms with Gasteiger partial charge in [-0.2, -0.15) is 0 Å². The van der Waals surface area contributed by atoms with Crippen molar-refractivity contribution < 1.29 is 17.4 Å². The molecule has 0 amide bonds. The van der Waals surface area contributed by atoms with E-state index < -0.39 is 17.1 Å². The zero-order valence-electron chi connectivity index (χ0n) is 11.5. The molecular formula is C9H26O4Si3. The summed E-state index contributed by atoms with van der Waals surface area (Å²) in [4.78, 5) is 0. The van der Waals surface area contributed by atoms with Gasteiger partial charge in [-0.05, 0) is 25.6 Å². The van der Waals surface area contributed by atoms with Crippen LogP contribution in [0.25, 0.3) is 0 Å². The summed E-state index contributed by atoms with van der Waals surface area (Å²) in [6.07, 6.45) is 1.06. The lowest BCUT2D eigenvalue weighted by atomic mass is 10.6. The molecule has 0 heterocycles. The first kappa shape index (κ1) is 16.5. The maximum atomic E-state index is 5.92. The van der Waals surface area contributed by atoms with E-state index in [1.165, 1.54) is 0 Å². The van der Waals surface area contributed by atoms with Crippen molar-refractivity contribution in [3.63, 3.8) is 0 Å². The van der Waals surface area contributed by atoms with Gasteiger partial charge in [0.2, 0.25) is 0 Å². The highest BCUT2D eigenvalue weighted by Gasteiger charge is 2.37. The molecule has 0 saturated heterocycles. The molecule has 0 aliphatic rings. The molecule has 0 radical (unpaired) electrons. The van der Waals surface area contributed by atoms with Gasteiger partial charge in [-0.15, -0.1) is 0 Å². The fourth-order valence-corrected chi connectivity index (χ4v) is 8.56. The Labute approximate surface area is 104 Å². The van der Waals surface area contributed by atoms with E-state index in [2.05, 4.69) is 19.6 Å². The van der Waals surface area contributed by atoms with Crippen LogP contribution in [0.3, 0.4) is 0 Å². The highest BCUT2D eigenvalue weighted by Crippen LogP contribution is 2.21. The molecule has 98 valence electrons. The van der Waals surface area contributed by atoms with E-state index in [9.17, 15) is 0 Å². The van der Waals surface area contributed by atoms with Crippen LogP contribution in [0.5, 0.6) is 0 Å². The van der Waals surface area contributed by atoms with Gasteiger partial charge in [0.05, 0.1) is 0 Å². The Morgan fingerprint density at radius 2 is 1.44 bits per heavy atom. The molecular weight excluding hydrogens is 256 g/mol. The maximum absolute atomic E-state index is 5.92. The van der Waals surface area contributed by atoms with Gasteiger partial charge in [0.1, 0.15) is 9.76 Å². The van der Waals surface area contributed by atoms with Gasteiger partial charge in [0, 0.05) is 27.4 Å². The first-order chi connectivity index (χ1) is 7.45. The average Bonchev–Trinajstić information content (AvgIpc) is 2.25. The van der Waals surface area contributed by atoms with Gasteiger partial charge >= 0.3 is 8.80 Å². The summed E-state index contributed by atoms with van der Waals surface area (Å²) < 4.78 is 22.1. The molecule has 0 fully saturated rings. The lowest BCUT2D eigenvalue weighted by Crippen LogP contribution is -2.43. The number of rotatable bonds is 9. The number of hydrogen-bond donors (Lipinski definition) is 0. The zero-order chi connectivity index (χ0) is 12.7. The topological polar surface area (TPSA) is 36.9 Å². The summed E-state index contributed by atoms with van der Waals surface area (Å²) in [6, 6.07) is 2.03. The summed E-state index contributed by atoms with van der Waals surface area (Å²) >= 11 is 0. The van der Waals surface area contributed by atoms with E-state index >= 15 is 0 Å². The Morgan fingerprint density at radius 1 is 0.938 bits per heavy atom. The van der Waals surface area contributed by atoms with E-state index in [0.717, 1.165) is 18.5 Å². The van der Waals surface area contributed by atoms with Gasteiger partial charge in [0.15, 0.2) is 8.32 Å². The molecule has 0 aliphatic carbocycles. The lowest BCUT2D eigenvalue weighted by Gasteiger charge is -2.27. The summed E-state index contributed by atoms with van der Waals surface area (Å²) in [5.74, 6) is 0. The van der Waals surface area contributed by atoms with E-state index in [1.807, 2.05) is 0 Å². The van der Waals surface area contributed by atoms with Crippen molar-refractivity contribution in [2.45, 2.75) is 38.2 Å². The van der Waals surface area contributed by atoms with Crippen LogP contribution in [-0.2, 0) is 17.4 Å². The highest BCUT2D eigenvalue weighted by molar-refractivity contribution is 6.75. The SMILES string of the molecule is CO[Si](CCC[Si](C)(C)O[SiH2]C)(OC)OC. The Kier molecular flexibility index (Phi) is 7.98. The fourth-order valence-electron chi connectivity index (χ4n) is 1.75. The molecule has 4 nitrogen and oxygen atoms in total. The monoisotopic (exact) mass is 282 g/mol. The summed E-state index contributed by atoms with van der Waals surface area (Å²) in [5.41, 5.74) is 0. The summed E-state index contributed by atoms with van der Waals surface area (Å²) in [6.45, 7) is 6.74. The van der Waals surface area contributed by atoms with Crippen LogP contribution >= 0.6 is 0 Å². The molecule has 7 heteroatoms. The molecule has 0 aliphatic heterocycles. The maximum Gasteiger partial charge on any atom is 0.500 e. The van der Waals surface area contributed by atoms with Gasteiger partial charge < -0.3 is 17.4 Å². The Bertz CT molecular complexity index is 177. The van der Waals surface area contributed by atoms with Crippen molar-refractivity contribution in [2.24, 2.45) is 0 Å². The number of hydrogen-bond acceptors (Lipinski definition) is 4. The van der Waals surface area contributed by atoms with Crippen molar-refractivity contribution >= 4 is 26.9 Å². The molecule has 0 aromatic carbocycles. The second-order valence-electron chi connectivity index (χ2n) is 4.34. The van der Waals surface area contributed by atoms with E-state index in [4.69, 9.17) is 17.4 Å². The van der Waals surface area contributed by atoms with E-state index in [1.54, 1.807) is 21.3 Å². The van der Waals surface area contributed by atoms with Crippen molar-refractivity contribution in [2.75, 3.05) is 21.3 Å². The Balaban J connectivity index is 4.04. The van der Waals surface area contributed by atoms with Gasteiger partial charge in [-0.25, -0.2) is 0 Å². The smallest absolute Gasteiger partial charge is 0.461 e. The van der Waals surface area contributed by atoms with Crippen LogP contribution < -0.4 is 0 Å². The minimum Gasteiger partial charge on any atom is -0.461 e. The summed E-state index contributed by atoms with van der Waals surface area (Å²) in [7, 11) is 0.917. The first-order valence-electron chi connectivity index (χ1n) is 5.74. The molecule has 0 rings (SSSR count). The van der Waals surface area contributed by atoms with E-state index in [0.29, 0.717) is 0 Å². The third kappa shape index (κ3) is 5.71. The predicted molar refractivity (Wildman–Crippen MR) is 74.0 cm³/mol. The van der Waals surface area contributed by atoms with Crippen LogP contribution in [0.4, 0.5) is 0 Å². The zero-order valence-corrected chi connectivity index (χ0v) is 14.9. The van der Waals surface area contributed by atoms with Crippen LogP contribution in [0.1, 0.15) is 6.42 Å². The minimum absolute atomic E-state index is 0.289. The van der Waals surface area contributed by atoms with E-state index in [-0.39, 0.29) is 9.76 Å². The molecule has 0 bridgehead atoms. The van der Waals surface area contributed by atoms with Crippen molar-refractivity contribution in [3.8, 4) is 0 Å². The van der Waals surface area contributed by atoms with Crippen molar-refractivity contribution in [3.05, 3.63) is 0 Å². The molecule has 0 unspecified atom stereocenters. The molecule has 0 aromatic rings. The fraction of sp³-hybridized carbons (Fsp3) is 1.00. The first-order valence-corrected chi connectivity index (χ1v) is 12.8. The largest absolute Gasteiger partial charge is 0.500 e. The normalized spacial score (nSPS) is 13.9. The Morgan fingerprint density at radius 3 is 1.81 bits per heavy atom. The second kappa shape index (κ2) is 7.75. The van der Waals surface area contributed by atoms with Crippen molar-refractivity contribution in [1.82, 2.24) is 0 Å². The van der Waals surface area contributed by atoms with Gasteiger partial charge in [-0.1, -0.05) is 6.55 Å². The molecule has 16 heavy (non-hydrogen) atoms. The lowest BCUT2D eigenvalue weighted by molar-refractivity contribution is 0.123. The summed E-state index contributed by atoms with van der Waals surface area (Å²) in [5, 5.41) is 0. The molecule has 0 spiro atoms. The van der Waals surface area contributed by atoms with Gasteiger partial charge in [0.25, 0.3) is 0 Å². The average molecular weight is 283 g/mol. The highest BCUT2D eigenvalue weighted by atomic mass is 28.4. The van der Waals surface area contributed by atoms with Crippen LogP contribution in [-0.4, -0.2) is 48.2 Å². The molecule has 0 saturated carbocycles. The molecule has 0 aromatic heterocycles. The minimum atomic E-state index is -2.36. The molecule has 0 atom stereocenters. The van der Waals surface area contributed by atoms with Crippen LogP contribution in [0, 0.1) is 0 Å². The molecule has 0 N–H and O–H groups in total. The third-order valence-corrected chi connectivity index (χ3v) is 11.4. The van der Waals surface area contributed by atoms with Crippen molar-refractivity contribution in [1.29, 1.82) is 0 Å². The Hall–Kier alpha value is 0.491. The van der Waals surface area contributed by atoms with Gasteiger partial charge in [-0.3, -0.25) is 0 Å². The standard InChI is InChI=1S/C9H26O4Si3/c1-10-16(11-2,12-3)9-7-8-15(5,6)13-14-4/h7-9,14H2,1-6H3. The second-order valence-corrected chi connectivity index (χ2v) is 13.2. The third-order valence-electron chi connectivity index (χ3n) is 2.73. The van der Waals surface area contributed by atoms with Crippen LogP contribution in [0.15, 0.2) is 0 Å². The van der Waals surface area contributed by atoms with Crippen LogP contribution in [0.2, 0.25) is 31.7 Å². The quantitative estimate of drug-likeness (QED) is 0.602. The predicted octanol–water partition coefficient (Wildman–Crippen LogP) is 1.61.